The van der Waals surface area contributed by atoms with Crippen molar-refractivity contribution < 1.29 is 18.7 Å². The Morgan fingerprint density at radius 1 is 0.977 bits per heavy atom. The predicted molar refractivity (Wildman–Crippen MR) is 163 cm³/mol. The van der Waals surface area contributed by atoms with Crippen LogP contribution in [0.3, 0.4) is 0 Å². The molecule has 228 valence electrons. The van der Waals surface area contributed by atoms with E-state index in [1.165, 1.54) is 13.2 Å². The lowest BCUT2D eigenvalue weighted by Gasteiger charge is -2.38. The van der Waals surface area contributed by atoms with Crippen LogP contribution in [0.15, 0.2) is 54.6 Å². The van der Waals surface area contributed by atoms with Crippen LogP contribution < -0.4 is 9.64 Å². The number of anilines is 1. The Kier molecular flexibility index (Phi) is 8.67. The Hall–Kier alpha value is -4.23. The van der Waals surface area contributed by atoms with Gasteiger partial charge in [-0.2, -0.15) is 5.26 Å². The van der Waals surface area contributed by atoms with E-state index in [0.29, 0.717) is 61.3 Å². The minimum Gasteiger partial charge on any atom is -0.497 e. The summed E-state index contributed by atoms with van der Waals surface area (Å²) >= 11 is 6.15. The lowest BCUT2D eigenvalue weighted by atomic mass is 9.87. The molecule has 3 fully saturated rings. The average Bonchev–Trinajstić information content (AvgIpc) is 3.80. The third-order valence-electron chi connectivity index (χ3n) is 9.00. The highest BCUT2D eigenvalue weighted by atomic mass is 35.5. The zero-order chi connectivity index (χ0) is 30.8. The van der Waals surface area contributed by atoms with E-state index in [9.17, 15) is 9.59 Å². The molecule has 3 unspecified atom stereocenters. The van der Waals surface area contributed by atoms with Crippen molar-refractivity contribution in [1.29, 1.82) is 5.26 Å². The summed E-state index contributed by atoms with van der Waals surface area (Å²) in [5, 5.41) is 17.9. The summed E-state index contributed by atoms with van der Waals surface area (Å²) in [5.74, 6) is -0.370. The van der Waals surface area contributed by atoms with Gasteiger partial charge in [-0.3, -0.25) is 9.59 Å². The molecule has 3 aliphatic rings. The third kappa shape index (κ3) is 6.20. The molecule has 1 saturated carbocycles. The molecule has 1 aliphatic carbocycles. The summed E-state index contributed by atoms with van der Waals surface area (Å²) in [4.78, 5) is 33.5. The van der Waals surface area contributed by atoms with Gasteiger partial charge in [-0.05, 0) is 67.1 Å². The summed E-state index contributed by atoms with van der Waals surface area (Å²) in [6.07, 6.45) is 3.23. The molecule has 2 aliphatic heterocycles. The molecule has 11 heteroatoms. The number of nitriles is 1. The van der Waals surface area contributed by atoms with Gasteiger partial charge in [0.15, 0.2) is 11.5 Å². The first-order valence-electron chi connectivity index (χ1n) is 15.0. The molecule has 3 aromatic rings. The molecule has 3 heterocycles. The number of nitrogens with zero attached hydrogens (tertiary/aromatic N) is 6. The maximum atomic E-state index is 15.4. The van der Waals surface area contributed by atoms with Crippen molar-refractivity contribution >= 4 is 29.2 Å². The molecule has 44 heavy (non-hydrogen) atoms. The Bertz CT molecular complexity index is 1560. The van der Waals surface area contributed by atoms with Crippen molar-refractivity contribution in [3.05, 3.63) is 82.3 Å². The minimum atomic E-state index is -0.547. The van der Waals surface area contributed by atoms with Crippen molar-refractivity contribution in [3.63, 3.8) is 0 Å². The first-order valence-corrected chi connectivity index (χ1v) is 15.4. The van der Waals surface area contributed by atoms with Gasteiger partial charge in [0.25, 0.3) is 0 Å². The number of halogens is 2. The molecular formula is C33H34ClFN6O3. The number of benzene rings is 2. The summed E-state index contributed by atoms with van der Waals surface area (Å²) < 4.78 is 20.6. The molecule has 9 nitrogen and oxygen atoms in total. The van der Waals surface area contributed by atoms with Crippen LogP contribution in [0.25, 0.3) is 0 Å². The first-order chi connectivity index (χ1) is 21.4. The SMILES string of the molecule is COc1ccc(C2CN(c3ccc(C#N)nn3)CC2C(=O)N2CCCC(c3ccc(Cl)cc3)N(C(=O)C3CC3)CC2)c(F)c1. The molecule has 6 rings (SSSR count). The van der Waals surface area contributed by atoms with E-state index in [0.717, 1.165) is 24.8 Å². The quantitative estimate of drug-likeness (QED) is 0.385. The average molecular weight is 617 g/mol. The maximum absolute atomic E-state index is 15.4. The number of aromatic nitrogens is 2. The van der Waals surface area contributed by atoms with E-state index in [2.05, 4.69) is 10.2 Å². The number of amides is 2. The van der Waals surface area contributed by atoms with E-state index >= 15 is 4.39 Å². The van der Waals surface area contributed by atoms with E-state index < -0.39 is 17.7 Å². The highest BCUT2D eigenvalue weighted by Gasteiger charge is 2.43. The number of carbonyl (C=O) groups is 2. The molecule has 2 aromatic carbocycles. The van der Waals surface area contributed by atoms with E-state index in [1.807, 2.05) is 45.0 Å². The van der Waals surface area contributed by atoms with Crippen LogP contribution in [-0.4, -0.2) is 71.6 Å². The van der Waals surface area contributed by atoms with Crippen LogP contribution in [-0.2, 0) is 9.59 Å². The monoisotopic (exact) mass is 616 g/mol. The van der Waals surface area contributed by atoms with Crippen LogP contribution >= 0.6 is 11.6 Å². The van der Waals surface area contributed by atoms with Crippen molar-refractivity contribution in [1.82, 2.24) is 20.0 Å². The topological polar surface area (TPSA) is 103 Å². The van der Waals surface area contributed by atoms with Gasteiger partial charge in [0.05, 0.1) is 19.1 Å². The van der Waals surface area contributed by atoms with Gasteiger partial charge in [-0.15, -0.1) is 10.2 Å². The van der Waals surface area contributed by atoms with Crippen molar-refractivity contribution in [2.24, 2.45) is 11.8 Å². The summed E-state index contributed by atoms with van der Waals surface area (Å²) in [7, 11) is 1.48. The third-order valence-corrected chi connectivity index (χ3v) is 9.25. The van der Waals surface area contributed by atoms with Crippen molar-refractivity contribution in [2.75, 3.05) is 44.7 Å². The summed E-state index contributed by atoms with van der Waals surface area (Å²) in [6, 6.07) is 17.6. The van der Waals surface area contributed by atoms with Gasteiger partial charge >= 0.3 is 0 Å². The Morgan fingerprint density at radius 3 is 2.43 bits per heavy atom. The van der Waals surface area contributed by atoms with Crippen LogP contribution in [0.5, 0.6) is 5.75 Å². The lowest BCUT2D eigenvalue weighted by molar-refractivity contribution is -0.141. The van der Waals surface area contributed by atoms with E-state index in [1.54, 1.807) is 24.3 Å². The number of hydrogen-bond donors (Lipinski definition) is 0. The van der Waals surface area contributed by atoms with Gasteiger partial charge in [0.2, 0.25) is 11.8 Å². The van der Waals surface area contributed by atoms with Gasteiger partial charge in [0, 0.05) is 55.6 Å². The number of carbonyl (C=O) groups excluding carboxylic acids is 2. The zero-order valence-electron chi connectivity index (χ0n) is 24.5. The molecule has 0 spiro atoms. The van der Waals surface area contributed by atoms with E-state index in [4.69, 9.17) is 21.6 Å². The van der Waals surface area contributed by atoms with Crippen molar-refractivity contribution in [3.8, 4) is 11.8 Å². The number of methoxy groups -OCH3 is 1. The molecular weight excluding hydrogens is 583 g/mol. The van der Waals surface area contributed by atoms with Crippen LogP contribution in [0.2, 0.25) is 5.02 Å². The molecule has 1 aromatic heterocycles. The summed E-state index contributed by atoms with van der Waals surface area (Å²) in [6.45, 7) is 2.04. The largest absolute Gasteiger partial charge is 0.497 e. The number of ether oxygens (including phenoxy) is 1. The van der Waals surface area contributed by atoms with E-state index in [-0.39, 0.29) is 29.5 Å². The van der Waals surface area contributed by atoms with Crippen LogP contribution in [0.4, 0.5) is 10.2 Å². The second-order valence-electron chi connectivity index (χ2n) is 11.7. The van der Waals surface area contributed by atoms with Gasteiger partial charge in [-0.1, -0.05) is 29.8 Å². The minimum absolute atomic E-state index is 0.0488. The first kappa shape index (κ1) is 29.8. The fraction of sp³-hybridized carbons (Fsp3) is 0.424. The Balaban J connectivity index is 1.26. The normalized spacial score (nSPS) is 22.2. The van der Waals surface area contributed by atoms with Crippen molar-refractivity contribution in [2.45, 2.75) is 37.6 Å². The fourth-order valence-electron chi connectivity index (χ4n) is 6.49. The predicted octanol–water partition coefficient (Wildman–Crippen LogP) is 4.97. The second kappa shape index (κ2) is 12.8. The van der Waals surface area contributed by atoms with Gasteiger partial charge in [-0.25, -0.2) is 4.39 Å². The standard InChI is InChI=1S/C33H34ClFN6O3/c1-44-25-11-12-26(29(35)17-25)27-19-40(31-13-10-24(18-36)37-38-31)20-28(27)33(43)39-14-2-3-30(21-6-8-23(34)9-7-21)41(16-15-39)32(42)22-4-5-22/h6-13,17,22,27-28,30H,2-5,14-16,19-20H2,1H3. The van der Waals surface area contributed by atoms with Crippen LogP contribution in [0.1, 0.15) is 54.5 Å². The fourth-order valence-corrected chi connectivity index (χ4v) is 6.61. The highest BCUT2D eigenvalue weighted by Crippen LogP contribution is 2.40. The lowest BCUT2D eigenvalue weighted by Crippen LogP contribution is -2.48. The Labute approximate surface area is 261 Å². The van der Waals surface area contributed by atoms with Crippen LogP contribution in [0, 0.1) is 29.0 Å². The number of rotatable bonds is 6. The molecule has 0 radical (unpaired) electrons. The van der Waals surface area contributed by atoms with Gasteiger partial charge in [0.1, 0.15) is 17.6 Å². The molecule has 3 atom stereocenters. The Morgan fingerprint density at radius 2 is 1.77 bits per heavy atom. The van der Waals surface area contributed by atoms with Gasteiger partial charge < -0.3 is 19.4 Å². The molecule has 0 N–H and O–H groups in total. The smallest absolute Gasteiger partial charge is 0.228 e. The summed E-state index contributed by atoms with van der Waals surface area (Å²) in [5.41, 5.74) is 1.68. The molecule has 2 saturated heterocycles. The highest BCUT2D eigenvalue weighted by molar-refractivity contribution is 6.30. The second-order valence-corrected chi connectivity index (χ2v) is 12.2. The molecule has 0 bridgehead atoms. The molecule has 2 amide bonds. The number of hydrogen-bond acceptors (Lipinski definition) is 7. The maximum Gasteiger partial charge on any atom is 0.228 e. The zero-order valence-corrected chi connectivity index (χ0v) is 25.3.